The lowest BCUT2D eigenvalue weighted by Crippen LogP contribution is -2.34. The van der Waals surface area contributed by atoms with Crippen LogP contribution in [0.1, 0.15) is 25.3 Å². The fraction of sp³-hybridized carbons (Fsp3) is 0.571. The first-order valence-electron chi connectivity index (χ1n) is 6.21. The zero-order valence-corrected chi connectivity index (χ0v) is 11.5. The monoisotopic (exact) mass is 281 g/mol. The van der Waals surface area contributed by atoms with Crippen molar-refractivity contribution in [3.8, 4) is 0 Å². The minimum atomic E-state index is 0.934. The molecule has 16 heavy (non-hydrogen) atoms. The molecule has 0 radical (unpaired) electrons. The lowest BCUT2D eigenvalue weighted by Gasteiger charge is -2.30. The quantitative estimate of drug-likeness (QED) is 0.816. The molecule has 1 nitrogen and oxygen atoms in total. The Labute approximate surface area is 107 Å². The number of hydrogen-bond donors (Lipinski definition) is 0. The van der Waals surface area contributed by atoms with E-state index < -0.39 is 0 Å². The highest BCUT2D eigenvalue weighted by atomic mass is 79.9. The Morgan fingerprint density at radius 3 is 2.44 bits per heavy atom. The largest absolute Gasteiger partial charge is 0.303 e. The molecule has 0 aliphatic carbocycles. The van der Waals surface area contributed by atoms with Crippen molar-refractivity contribution in [3.63, 3.8) is 0 Å². The predicted molar refractivity (Wildman–Crippen MR) is 72.7 cm³/mol. The van der Waals surface area contributed by atoms with Crippen LogP contribution < -0.4 is 0 Å². The van der Waals surface area contributed by atoms with Crippen LogP contribution in [0.15, 0.2) is 28.7 Å². The van der Waals surface area contributed by atoms with Gasteiger partial charge in [-0.25, -0.2) is 0 Å². The van der Waals surface area contributed by atoms with Crippen molar-refractivity contribution in [2.45, 2.75) is 26.2 Å². The van der Waals surface area contributed by atoms with E-state index in [1.165, 1.54) is 48.9 Å². The number of likely N-dealkylation sites (tertiary alicyclic amines) is 1. The molecule has 2 heteroatoms. The van der Waals surface area contributed by atoms with Crippen LogP contribution in [0.4, 0.5) is 0 Å². The average molecular weight is 282 g/mol. The smallest absolute Gasteiger partial charge is 0.0175 e. The van der Waals surface area contributed by atoms with E-state index in [0.29, 0.717) is 0 Å². The highest BCUT2D eigenvalue weighted by Crippen LogP contribution is 2.16. The fourth-order valence-corrected chi connectivity index (χ4v) is 2.49. The van der Waals surface area contributed by atoms with E-state index in [1.54, 1.807) is 0 Å². The van der Waals surface area contributed by atoms with Crippen LogP contribution in [-0.2, 0) is 6.42 Å². The Kier molecular flexibility index (Phi) is 4.42. The molecule has 0 bridgehead atoms. The number of rotatable bonds is 3. The van der Waals surface area contributed by atoms with E-state index in [2.05, 4.69) is 52.0 Å². The topological polar surface area (TPSA) is 3.24 Å². The summed E-state index contributed by atoms with van der Waals surface area (Å²) in [6.45, 7) is 6.16. The van der Waals surface area contributed by atoms with Gasteiger partial charge in [-0.05, 0) is 56.0 Å². The summed E-state index contributed by atoms with van der Waals surface area (Å²) in [5.74, 6) is 0.934. The van der Waals surface area contributed by atoms with Gasteiger partial charge in [0.1, 0.15) is 0 Å². The molecule has 0 aromatic heterocycles. The zero-order valence-electron chi connectivity index (χ0n) is 9.95. The van der Waals surface area contributed by atoms with Gasteiger partial charge in [0.05, 0.1) is 0 Å². The maximum absolute atomic E-state index is 3.47. The normalized spacial score (nSPS) is 18.9. The van der Waals surface area contributed by atoms with Crippen molar-refractivity contribution in [2.24, 2.45) is 5.92 Å². The van der Waals surface area contributed by atoms with Crippen molar-refractivity contribution >= 4 is 15.9 Å². The summed E-state index contributed by atoms with van der Waals surface area (Å²) in [4.78, 5) is 2.60. The van der Waals surface area contributed by atoms with Gasteiger partial charge in [0.25, 0.3) is 0 Å². The van der Waals surface area contributed by atoms with Crippen molar-refractivity contribution in [2.75, 3.05) is 19.6 Å². The highest BCUT2D eigenvalue weighted by molar-refractivity contribution is 9.10. The third-order valence-electron chi connectivity index (χ3n) is 3.51. The average Bonchev–Trinajstić information content (AvgIpc) is 2.30. The van der Waals surface area contributed by atoms with Gasteiger partial charge in [-0.1, -0.05) is 35.0 Å². The Balaban J connectivity index is 1.77. The van der Waals surface area contributed by atoms with Gasteiger partial charge in [-0.2, -0.15) is 0 Å². The molecule has 1 aliphatic rings. The third kappa shape index (κ3) is 3.60. The van der Waals surface area contributed by atoms with E-state index >= 15 is 0 Å². The lowest BCUT2D eigenvalue weighted by molar-refractivity contribution is 0.194. The summed E-state index contributed by atoms with van der Waals surface area (Å²) in [7, 11) is 0. The molecule has 2 rings (SSSR count). The van der Waals surface area contributed by atoms with E-state index in [9.17, 15) is 0 Å². The van der Waals surface area contributed by atoms with Gasteiger partial charge in [0, 0.05) is 11.0 Å². The maximum atomic E-state index is 3.47. The summed E-state index contributed by atoms with van der Waals surface area (Å²) in [5, 5.41) is 0. The standard InChI is InChI=1S/C14H20BrN/c1-12-6-9-16(10-7-12)11-8-13-2-4-14(15)5-3-13/h2-5,12H,6-11H2,1H3. The molecular weight excluding hydrogens is 262 g/mol. The molecule has 1 aromatic carbocycles. The molecule has 1 aromatic rings. The molecular formula is C14H20BrN. The summed E-state index contributed by atoms with van der Waals surface area (Å²) < 4.78 is 1.17. The van der Waals surface area contributed by atoms with Crippen LogP contribution >= 0.6 is 15.9 Å². The van der Waals surface area contributed by atoms with Crippen LogP contribution in [0.3, 0.4) is 0 Å². The summed E-state index contributed by atoms with van der Waals surface area (Å²) in [6, 6.07) is 8.70. The van der Waals surface area contributed by atoms with Gasteiger partial charge >= 0.3 is 0 Å². The number of piperidine rings is 1. The summed E-state index contributed by atoms with van der Waals surface area (Å²) >= 11 is 3.47. The molecule has 0 amide bonds. The molecule has 0 saturated carbocycles. The second kappa shape index (κ2) is 5.83. The zero-order chi connectivity index (χ0) is 11.4. The number of hydrogen-bond acceptors (Lipinski definition) is 1. The molecule has 1 saturated heterocycles. The van der Waals surface area contributed by atoms with Crippen LogP contribution in [0, 0.1) is 5.92 Å². The van der Waals surface area contributed by atoms with E-state index in [4.69, 9.17) is 0 Å². The second-order valence-corrected chi connectivity index (χ2v) is 5.82. The van der Waals surface area contributed by atoms with Crippen molar-refractivity contribution in [1.29, 1.82) is 0 Å². The first-order valence-corrected chi connectivity index (χ1v) is 7.00. The Hall–Kier alpha value is -0.340. The first-order chi connectivity index (χ1) is 7.74. The van der Waals surface area contributed by atoms with E-state index in [0.717, 1.165) is 5.92 Å². The molecule has 0 N–H and O–H groups in total. The maximum Gasteiger partial charge on any atom is 0.0175 e. The van der Waals surface area contributed by atoms with E-state index in [-0.39, 0.29) is 0 Å². The van der Waals surface area contributed by atoms with Gasteiger partial charge in [0.2, 0.25) is 0 Å². The van der Waals surface area contributed by atoms with Crippen LogP contribution in [0.2, 0.25) is 0 Å². The Morgan fingerprint density at radius 1 is 1.19 bits per heavy atom. The summed E-state index contributed by atoms with van der Waals surface area (Å²) in [5.41, 5.74) is 1.45. The number of halogens is 1. The lowest BCUT2D eigenvalue weighted by atomic mass is 9.99. The minimum absolute atomic E-state index is 0.934. The second-order valence-electron chi connectivity index (χ2n) is 4.90. The molecule has 0 atom stereocenters. The number of nitrogens with zero attached hydrogens (tertiary/aromatic N) is 1. The first kappa shape index (κ1) is 12.1. The fourth-order valence-electron chi connectivity index (χ4n) is 2.22. The van der Waals surface area contributed by atoms with Gasteiger partial charge in [0.15, 0.2) is 0 Å². The van der Waals surface area contributed by atoms with Crippen molar-refractivity contribution < 1.29 is 0 Å². The van der Waals surface area contributed by atoms with E-state index in [1.807, 2.05) is 0 Å². The van der Waals surface area contributed by atoms with Crippen LogP contribution in [-0.4, -0.2) is 24.5 Å². The molecule has 1 fully saturated rings. The van der Waals surface area contributed by atoms with Gasteiger partial charge < -0.3 is 4.90 Å². The molecule has 1 heterocycles. The van der Waals surface area contributed by atoms with Gasteiger partial charge in [-0.15, -0.1) is 0 Å². The molecule has 0 spiro atoms. The van der Waals surface area contributed by atoms with Crippen molar-refractivity contribution in [3.05, 3.63) is 34.3 Å². The summed E-state index contributed by atoms with van der Waals surface area (Å²) in [6.07, 6.45) is 3.93. The molecule has 1 aliphatic heterocycles. The number of benzene rings is 1. The van der Waals surface area contributed by atoms with Gasteiger partial charge in [-0.3, -0.25) is 0 Å². The molecule has 0 unspecified atom stereocenters. The van der Waals surface area contributed by atoms with Crippen LogP contribution in [0.25, 0.3) is 0 Å². The highest BCUT2D eigenvalue weighted by Gasteiger charge is 2.14. The van der Waals surface area contributed by atoms with Crippen molar-refractivity contribution in [1.82, 2.24) is 4.90 Å². The van der Waals surface area contributed by atoms with Crippen LogP contribution in [0.5, 0.6) is 0 Å². The Morgan fingerprint density at radius 2 is 1.81 bits per heavy atom. The Bertz CT molecular complexity index is 312. The molecule has 88 valence electrons. The SMILES string of the molecule is CC1CCN(CCc2ccc(Br)cc2)CC1. The predicted octanol–water partition coefficient (Wildman–Crippen LogP) is 3.72. The third-order valence-corrected chi connectivity index (χ3v) is 4.03. The minimum Gasteiger partial charge on any atom is -0.303 e.